The summed E-state index contributed by atoms with van der Waals surface area (Å²) in [7, 11) is 0. The monoisotopic (exact) mass is 296 g/mol. The quantitative estimate of drug-likeness (QED) is 0.575. The average molecular weight is 296 g/mol. The lowest BCUT2D eigenvalue weighted by atomic mass is 9.94. The number of amides is 2. The van der Waals surface area contributed by atoms with E-state index in [4.69, 9.17) is 4.74 Å². The van der Waals surface area contributed by atoms with Crippen LogP contribution >= 0.6 is 0 Å². The van der Waals surface area contributed by atoms with Crippen LogP contribution in [0.3, 0.4) is 0 Å². The molecule has 6 heteroatoms. The second-order valence-electron chi connectivity index (χ2n) is 6.03. The van der Waals surface area contributed by atoms with Crippen molar-refractivity contribution in [3.8, 4) is 0 Å². The number of ether oxygens (including phenoxy) is 1. The fourth-order valence-corrected chi connectivity index (χ4v) is 3.41. The number of carboxylic acids is 1. The van der Waals surface area contributed by atoms with Crippen molar-refractivity contribution in [2.45, 2.75) is 32.2 Å². The summed E-state index contributed by atoms with van der Waals surface area (Å²) >= 11 is 0. The van der Waals surface area contributed by atoms with Crippen LogP contribution in [0, 0.1) is 11.8 Å². The van der Waals surface area contributed by atoms with E-state index in [0.717, 1.165) is 24.8 Å². The number of likely N-dealkylation sites (tertiary alicyclic amines) is 1. The van der Waals surface area contributed by atoms with E-state index < -0.39 is 12.0 Å². The van der Waals surface area contributed by atoms with Gasteiger partial charge >= 0.3 is 12.0 Å². The minimum atomic E-state index is -0.891. The summed E-state index contributed by atoms with van der Waals surface area (Å²) in [4.78, 5) is 25.1. The van der Waals surface area contributed by atoms with Crippen molar-refractivity contribution < 1.29 is 19.4 Å². The summed E-state index contributed by atoms with van der Waals surface area (Å²) in [6, 6.07) is -0.968. The van der Waals surface area contributed by atoms with Gasteiger partial charge in [-0.3, -0.25) is 0 Å². The molecular formula is C15H24N2O4. The van der Waals surface area contributed by atoms with Crippen LogP contribution in [0.1, 0.15) is 26.2 Å². The molecule has 1 heterocycles. The third-order valence-corrected chi connectivity index (χ3v) is 4.28. The Balaban J connectivity index is 1.81. The molecule has 2 fully saturated rings. The maximum atomic E-state index is 12.2. The van der Waals surface area contributed by atoms with E-state index >= 15 is 0 Å². The smallest absolute Gasteiger partial charge is 0.326 e. The summed E-state index contributed by atoms with van der Waals surface area (Å²) in [6.45, 7) is 7.41. The third kappa shape index (κ3) is 3.75. The molecule has 21 heavy (non-hydrogen) atoms. The Labute approximate surface area is 125 Å². The van der Waals surface area contributed by atoms with E-state index in [1.807, 2.05) is 6.92 Å². The van der Waals surface area contributed by atoms with Gasteiger partial charge in [-0.2, -0.15) is 0 Å². The van der Waals surface area contributed by atoms with Crippen molar-refractivity contribution in [3.05, 3.63) is 12.2 Å². The standard InChI is InChI=1S/C15H24N2O4/c1-10(2)9-21-7-6-16-15(20)17-8-11-4-3-5-12(11)13(17)14(18)19/h11-13H,1,3-9H2,2H3,(H,16,20)(H,18,19). The Morgan fingerprint density at radius 1 is 1.43 bits per heavy atom. The van der Waals surface area contributed by atoms with Gasteiger partial charge in [-0.15, -0.1) is 0 Å². The molecule has 3 unspecified atom stereocenters. The Bertz CT molecular complexity index is 424. The molecule has 2 amide bonds. The number of aliphatic carboxylic acids is 1. The molecule has 2 aliphatic rings. The van der Waals surface area contributed by atoms with Crippen molar-refractivity contribution >= 4 is 12.0 Å². The van der Waals surface area contributed by atoms with Crippen LogP contribution in [0.25, 0.3) is 0 Å². The normalized spacial score (nSPS) is 27.5. The summed E-state index contributed by atoms with van der Waals surface area (Å²) in [5, 5.41) is 12.1. The predicted octanol–water partition coefficient (Wildman–Crippen LogP) is 1.47. The van der Waals surface area contributed by atoms with Crippen molar-refractivity contribution in [2.24, 2.45) is 11.8 Å². The largest absolute Gasteiger partial charge is 0.480 e. The number of fused-ring (bicyclic) bond motifs is 1. The van der Waals surface area contributed by atoms with E-state index in [9.17, 15) is 14.7 Å². The van der Waals surface area contributed by atoms with Gasteiger partial charge in [-0.05, 0) is 31.6 Å². The Kier molecular flexibility index (Phi) is 5.22. The number of hydrogen-bond acceptors (Lipinski definition) is 3. The van der Waals surface area contributed by atoms with Gasteiger partial charge in [0.25, 0.3) is 0 Å². The lowest BCUT2D eigenvalue weighted by molar-refractivity contribution is -0.142. The van der Waals surface area contributed by atoms with Crippen LogP contribution < -0.4 is 5.32 Å². The van der Waals surface area contributed by atoms with E-state index in [1.165, 1.54) is 4.90 Å². The number of urea groups is 1. The SMILES string of the molecule is C=C(C)COCCNC(=O)N1CC2CCCC2C1C(=O)O. The first-order chi connectivity index (χ1) is 10.0. The first-order valence-corrected chi connectivity index (χ1v) is 7.50. The molecule has 0 aromatic rings. The molecular weight excluding hydrogens is 272 g/mol. The van der Waals surface area contributed by atoms with Crippen molar-refractivity contribution in [2.75, 3.05) is 26.3 Å². The van der Waals surface area contributed by atoms with Gasteiger partial charge in [0.2, 0.25) is 0 Å². The highest BCUT2D eigenvalue weighted by Crippen LogP contribution is 2.42. The number of carbonyl (C=O) groups is 2. The lowest BCUT2D eigenvalue weighted by Gasteiger charge is -2.24. The predicted molar refractivity (Wildman–Crippen MR) is 78.0 cm³/mol. The van der Waals surface area contributed by atoms with Crippen LogP contribution in [-0.2, 0) is 9.53 Å². The highest BCUT2D eigenvalue weighted by molar-refractivity contribution is 5.83. The third-order valence-electron chi connectivity index (χ3n) is 4.28. The van der Waals surface area contributed by atoms with Gasteiger partial charge in [0.15, 0.2) is 0 Å². The number of hydrogen-bond donors (Lipinski definition) is 2. The Hall–Kier alpha value is -1.56. The first kappa shape index (κ1) is 15.8. The van der Waals surface area contributed by atoms with Gasteiger partial charge in [0.05, 0.1) is 13.2 Å². The number of carbonyl (C=O) groups excluding carboxylic acids is 1. The maximum Gasteiger partial charge on any atom is 0.326 e. The summed E-state index contributed by atoms with van der Waals surface area (Å²) in [6.07, 6.45) is 3.01. The zero-order chi connectivity index (χ0) is 15.4. The van der Waals surface area contributed by atoms with Gasteiger partial charge in [0, 0.05) is 13.1 Å². The zero-order valence-corrected chi connectivity index (χ0v) is 12.5. The fourth-order valence-electron chi connectivity index (χ4n) is 3.41. The molecule has 1 aliphatic carbocycles. The van der Waals surface area contributed by atoms with Crippen LogP contribution in [0.2, 0.25) is 0 Å². The highest BCUT2D eigenvalue weighted by atomic mass is 16.5. The molecule has 1 aliphatic heterocycles. The van der Waals surface area contributed by atoms with Gasteiger partial charge in [-0.1, -0.05) is 18.6 Å². The summed E-state index contributed by atoms with van der Waals surface area (Å²) in [5.41, 5.74) is 0.930. The molecule has 0 aromatic carbocycles. The van der Waals surface area contributed by atoms with E-state index in [0.29, 0.717) is 32.2 Å². The average Bonchev–Trinajstić information content (AvgIpc) is 2.96. The zero-order valence-electron chi connectivity index (χ0n) is 12.5. The van der Waals surface area contributed by atoms with Gasteiger partial charge in [-0.25, -0.2) is 9.59 Å². The molecule has 1 saturated carbocycles. The molecule has 118 valence electrons. The van der Waals surface area contributed by atoms with Crippen molar-refractivity contribution in [1.82, 2.24) is 10.2 Å². The molecule has 2 N–H and O–H groups in total. The van der Waals surface area contributed by atoms with E-state index in [2.05, 4.69) is 11.9 Å². The second kappa shape index (κ2) is 6.93. The van der Waals surface area contributed by atoms with Gasteiger partial charge < -0.3 is 20.1 Å². The maximum absolute atomic E-state index is 12.2. The number of carboxylic acid groups (broad SMARTS) is 1. The number of nitrogens with one attached hydrogen (secondary N) is 1. The molecule has 0 aromatic heterocycles. The second-order valence-corrected chi connectivity index (χ2v) is 6.03. The van der Waals surface area contributed by atoms with Crippen LogP contribution in [0.4, 0.5) is 4.79 Å². The van der Waals surface area contributed by atoms with Crippen molar-refractivity contribution in [3.63, 3.8) is 0 Å². The van der Waals surface area contributed by atoms with Crippen LogP contribution in [0.5, 0.6) is 0 Å². The van der Waals surface area contributed by atoms with Gasteiger partial charge in [0.1, 0.15) is 6.04 Å². The fraction of sp³-hybridized carbons (Fsp3) is 0.733. The minimum Gasteiger partial charge on any atom is -0.480 e. The summed E-state index contributed by atoms with van der Waals surface area (Å²) < 4.78 is 5.31. The molecule has 3 atom stereocenters. The first-order valence-electron chi connectivity index (χ1n) is 7.50. The molecule has 2 rings (SSSR count). The van der Waals surface area contributed by atoms with E-state index in [-0.39, 0.29) is 11.9 Å². The molecule has 0 bridgehead atoms. The molecule has 6 nitrogen and oxygen atoms in total. The van der Waals surface area contributed by atoms with Crippen LogP contribution in [-0.4, -0.2) is 54.4 Å². The van der Waals surface area contributed by atoms with Crippen LogP contribution in [0.15, 0.2) is 12.2 Å². The summed E-state index contributed by atoms with van der Waals surface area (Å²) in [5.74, 6) is -0.428. The lowest BCUT2D eigenvalue weighted by Crippen LogP contribution is -2.48. The minimum absolute atomic E-state index is 0.118. The highest BCUT2D eigenvalue weighted by Gasteiger charge is 2.49. The molecule has 1 saturated heterocycles. The Morgan fingerprint density at radius 3 is 2.86 bits per heavy atom. The molecule has 0 radical (unpaired) electrons. The van der Waals surface area contributed by atoms with Crippen molar-refractivity contribution in [1.29, 1.82) is 0 Å². The number of nitrogens with zero attached hydrogens (tertiary/aromatic N) is 1. The topological polar surface area (TPSA) is 78.9 Å². The Morgan fingerprint density at radius 2 is 2.19 bits per heavy atom. The van der Waals surface area contributed by atoms with E-state index in [1.54, 1.807) is 0 Å². The molecule has 0 spiro atoms. The number of rotatable bonds is 6.